The Labute approximate surface area is 126 Å². The predicted octanol–water partition coefficient (Wildman–Crippen LogP) is 3.98. The van der Waals surface area contributed by atoms with Crippen LogP contribution in [0.15, 0.2) is 18.2 Å². The summed E-state index contributed by atoms with van der Waals surface area (Å²) in [5, 5.41) is 0. The molecule has 0 amide bonds. The average molecular weight is 283 g/mol. The number of rotatable bonds is 3. The number of hydrogen-bond donors (Lipinski definition) is 1. The summed E-state index contributed by atoms with van der Waals surface area (Å²) in [5.74, 6) is 1.86. The van der Waals surface area contributed by atoms with Crippen LogP contribution in [0.4, 0.5) is 0 Å². The molecule has 2 aliphatic rings. The summed E-state index contributed by atoms with van der Waals surface area (Å²) in [6.45, 7) is 10.1. The first kappa shape index (κ1) is 13.3. The van der Waals surface area contributed by atoms with Gasteiger partial charge in [-0.1, -0.05) is 33.8 Å². The molecule has 0 radical (unpaired) electrons. The molecule has 2 aromatic rings. The summed E-state index contributed by atoms with van der Waals surface area (Å²) in [6.07, 6.45) is 2.59. The molecule has 4 rings (SSSR count). The average Bonchev–Trinajstić information content (AvgIpc) is 3.27. The molecule has 2 saturated carbocycles. The van der Waals surface area contributed by atoms with E-state index in [0.29, 0.717) is 29.3 Å². The van der Waals surface area contributed by atoms with Crippen LogP contribution in [-0.2, 0) is 6.54 Å². The van der Waals surface area contributed by atoms with Gasteiger partial charge < -0.3 is 10.3 Å². The van der Waals surface area contributed by atoms with Gasteiger partial charge in [-0.05, 0) is 41.4 Å². The number of aromatic nitrogens is 2. The van der Waals surface area contributed by atoms with Crippen molar-refractivity contribution >= 4 is 11.0 Å². The minimum absolute atomic E-state index is 0.331. The molecule has 3 heteroatoms. The first-order chi connectivity index (χ1) is 9.88. The standard InChI is InChI=1S/C18H25N3/c1-17(2)15(18(17,3)4)16-20-13-9-11(10-19)5-8-14(13)21(16)12-6-7-12/h5,8-9,12,15H,6-7,10,19H2,1-4H3. The van der Waals surface area contributed by atoms with Crippen molar-refractivity contribution in [2.75, 3.05) is 0 Å². The monoisotopic (exact) mass is 283 g/mol. The third-order valence-electron chi connectivity index (χ3n) is 6.21. The van der Waals surface area contributed by atoms with Crippen LogP contribution < -0.4 is 5.73 Å². The van der Waals surface area contributed by atoms with Crippen LogP contribution in [0.2, 0.25) is 0 Å². The van der Waals surface area contributed by atoms with Crippen LogP contribution in [0, 0.1) is 10.8 Å². The largest absolute Gasteiger partial charge is 0.326 e. The van der Waals surface area contributed by atoms with Gasteiger partial charge in [0.2, 0.25) is 0 Å². The van der Waals surface area contributed by atoms with Crippen LogP contribution in [-0.4, -0.2) is 9.55 Å². The second-order valence-electron chi connectivity index (χ2n) is 7.97. The van der Waals surface area contributed by atoms with Crippen molar-refractivity contribution in [1.82, 2.24) is 9.55 Å². The van der Waals surface area contributed by atoms with E-state index in [1.54, 1.807) is 0 Å². The number of hydrogen-bond acceptors (Lipinski definition) is 2. The maximum Gasteiger partial charge on any atom is 0.114 e. The molecule has 0 spiro atoms. The van der Waals surface area contributed by atoms with E-state index in [0.717, 1.165) is 5.52 Å². The molecule has 112 valence electrons. The Morgan fingerprint density at radius 2 is 1.86 bits per heavy atom. The van der Waals surface area contributed by atoms with Gasteiger partial charge in [0.05, 0.1) is 11.0 Å². The first-order valence-corrected chi connectivity index (χ1v) is 8.08. The van der Waals surface area contributed by atoms with Crippen LogP contribution in [0.1, 0.15) is 63.9 Å². The quantitative estimate of drug-likeness (QED) is 0.926. The van der Waals surface area contributed by atoms with Crippen LogP contribution >= 0.6 is 0 Å². The molecule has 2 fully saturated rings. The van der Waals surface area contributed by atoms with Crippen molar-refractivity contribution < 1.29 is 0 Å². The number of imidazole rings is 1. The predicted molar refractivity (Wildman–Crippen MR) is 86.2 cm³/mol. The molecule has 0 bridgehead atoms. The Morgan fingerprint density at radius 3 is 2.38 bits per heavy atom. The summed E-state index contributed by atoms with van der Waals surface area (Å²) in [6, 6.07) is 7.20. The fraction of sp³-hybridized carbons (Fsp3) is 0.611. The summed E-state index contributed by atoms with van der Waals surface area (Å²) < 4.78 is 2.52. The van der Waals surface area contributed by atoms with Crippen molar-refractivity contribution in [2.45, 2.75) is 59.0 Å². The molecule has 1 heterocycles. The van der Waals surface area contributed by atoms with Gasteiger partial charge in [-0.2, -0.15) is 0 Å². The highest BCUT2D eigenvalue weighted by Gasteiger charge is 2.67. The molecule has 21 heavy (non-hydrogen) atoms. The normalized spacial score (nSPS) is 23.7. The van der Waals surface area contributed by atoms with Gasteiger partial charge in [-0.3, -0.25) is 0 Å². The molecule has 0 unspecified atom stereocenters. The van der Waals surface area contributed by atoms with Crippen molar-refractivity contribution in [3.05, 3.63) is 29.6 Å². The SMILES string of the molecule is CC1(C)C(c2nc3cc(CN)ccc3n2C2CC2)C1(C)C. The Hall–Kier alpha value is -1.35. The lowest BCUT2D eigenvalue weighted by atomic mass is 10.0. The molecular weight excluding hydrogens is 258 g/mol. The van der Waals surface area contributed by atoms with Crippen LogP contribution in [0.5, 0.6) is 0 Å². The number of nitrogens with two attached hydrogens (primary N) is 1. The minimum atomic E-state index is 0.331. The molecule has 3 nitrogen and oxygen atoms in total. The first-order valence-electron chi connectivity index (χ1n) is 8.08. The lowest BCUT2D eigenvalue weighted by Gasteiger charge is -2.09. The Balaban J connectivity index is 1.91. The Bertz CT molecular complexity index is 705. The topological polar surface area (TPSA) is 43.8 Å². The summed E-state index contributed by atoms with van der Waals surface area (Å²) >= 11 is 0. The van der Waals surface area contributed by atoms with Gasteiger partial charge in [0.1, 0.15) is 5.82 Å². The molecule has 0 aliphatic heterocycles. The zero-order valence-corrected chi connectivity index (χ0v) is 13.5. The number of fused-ring (bicyclic) bond motifs is 1. The minimum Gasteiger partial charge on any atom is -0.326 e. The van der Waals surface area contributed by atoms with E-state index in [4.69, 9.17) is 10.7 Å². The number of nitrogens with zero attached hydrogens (tertiary/aromatic N) is 2. The highest BCUT2D eigenvalue weighted by atomic mass is 15.2. The van der Waals surface area contributed by atoms with Crippen molar-refractivity contribution in [3.8, 4) is 0 Å². The third-order valence-corrected chi connectivity index (χ3v) is 6.21. The second kappa shape index (κ2) is 3.89. The van der Waals surface area contributed by atoms with Crippen LogP contribution in [0.25, 0.3) is 11.0 Å². The van der Waals surface area contributed by atoms with Crippen molar-refractivity contribution in [1.29, 1.82) is 0 Å². The fourth-order valence-electron chi connectivity index (χ4n) is 4.05. The van der Waals surface area contributed by atoms with Gasteiger partial charge in [-0.25, -0.2) is 4.98 Å². The van der Waals surface area contributed by atoms with E-state index in [2.05, 4.69) is 50.5 Å². The summed E-state index contributed by atoms with van der Waals surface area (Å²) in [7, 11) is 0. The molecule has 0 atom stereocenters. The summed E-state index contributed by atoms with van der Waals surface area (Å²) in [5.41, 5.74) is 10.0. The van der Waals surface area contributed by atoms with Crippen LogP contribution in [0.3, 0.4) is 0 Å². The Morgan fingerprint density at radius 1 is 1.19 bits per heavy atom. The highest BCUT2D eigenvalue weighted by molar-refractivity contribution is 5.77. The molecular formula is C18H25N3. The molecule has 1 aromatic carbocycles. The van der Waals surface area contributed by atoms with Gasteiger partial charge in [0.15, 0.2) is 0 Å². The Kier molecular flexibility index (Phi) is 2.47. The lowest BCUT2D eigenvalue weighted by molar-refractivity contribution is 0.457. The van der Waals surface area contributed by atoms with Crippen molar-refractivity contribution in [2.24, 2.45) is 16.6 Å². The van der Waals surface area contributed by atoms with Gasteiger partial charge >= 0.3 is 0 Å². The fourth-order valence-corrected chi connectivity index (χ4v) is 4.05. The molecule has 0 saturated heterocycles. The molecule has 1 aromatic heterocycles. The van der Waals surface area contributed by atoms with Gasteiger partial charge in [0.25, 0.3) is 0 Å². The van der Waals surface area contributed by atoms with E-state index >= 15 is 0 Å². The lowest BCUT2D eigenvalue weighted by Crippen LogP contribution is -2.03. The highest BCUT2D eigenvalue weighted by Crippen LogP contribution is 2.73. The van der Waals surface area contributed by atoms with E-state index < -0.39 is 0 Å². The summed E-state index contributed by atoms with van der Waals surface area (Å²) in [4.78, 5) is 5.04. The number of benzene rings is 1. The van der Waals surface area contributed by atoms with E-state index in [1.165, 1.54) is 29.7 Å². The second-order valence-corrected chi connectivity index (χ2v) is 7.97. The van der Waals surface area contributed by atoms with Gasteiger partial charge in [-0.15, -0.1) is 0 Å². The van der Waals surface area contributed by atoms with E-state index in [-0.39, 0.29) is 0 Å². The van der Waals surface area contributed by atoms with E-state index in [9.17, 15) is 0 Å². The molecule has 2 N–H and O–H groups in total. The zero-order valence-electron chi connectivity index (χ0n) is 13.5. The zero-order chi connectivity index (χ0) is 15.0. The third kappa shape index (κ3) is 1.67. The van der Waals surface area contributed by atoms with Gasteiger partial charge in [0, 0.05) is 18.5 Å². The molecule has 2 aliphatic carbocycles. The smallest absolute Gasteiger partial charge is 0.114 e. The maximum absolute atomic E-state index is 5.78. The van der Waals surface area contributed by atoms with E-state index in [1.807, 2.05) is 0 Å². The van der Waals surface area contributed by atoms with Crippen molar-refractivity contribution in [3.63, 3.8) is 0 Å². The maximum atomic E-state index is 5.78.